The van der Waals surface area contributed by atoms with Crippen LogP contribution in [0, 0.1) is 5.82 Å². The summed E-state index contributed by atoms with van der Waals surface area (Å²) >= 11 is 7.24. The number of rotatable bonds is 6. The van der Waals surface area contributed by atoms with Crippen LogP contribution in [0.15, 0.2) is 36.4 Å². The van der Waals surface area contributed by atoms with Crippen molar-refractivity contribution in [2.24, 2.45) is 0 Å². The lowest BCUT2D eigenvalue weighted by Gasteiger charge is -2.27. The van der Waals surface area contributed by atoms with Gasteiger partial charge >= 0.3 is 6.09 Å². The molecule has 9 nitrogen and oxygen atoms in total. The highest BCUT2D eigenvalue weighted by molar-refractivity contribution is 7.17. The van der Waals surface area contributed by atoms with E-state index in [1.54, 1.807) is 18.2 Å². The maximum Gasteiger partial charge on any atom is 0.413 e. The number of likely N-dealkylation sites (tertiary alicyclic amines) is 1. The van der Waals surface area contributed by atoms with E-state index in [-0.39, 0.29) is 43.2 Å². The fraction of sp³-hybridized carbons (Fsp3) is 0.348. The van der Waals surface area contributed by atoms with Gasteiger partial charge in [-0.15, -0.1) is 11.3 Å². The van der Waals surface area contributed by atoms with E-state index in [2.05, 4.69) is 5.32 Å². The molecule has 2 aromatic rings. The first-order valence-corrected chi connectivity index (χ1v) is 12.0. The number of ether oxygens (including phenoxy) is 3. The van der Waals surface area contributed by atoms with Crippen LogP contribution in [0.5, 0.6) is 0 Å². The highest BCUT2D eigenvalue weighted by Gasteiger charge is 2.37. The van der Waals surface area contributed by atoms with Gasteiger partial charge in [-0.1, -0.05) is 11.6 Å². The molecule has 2 aliphatic heterocycles. The molecule has 1 aromatic heterocycles. The molecule has 0 aliphatic carbocycles. The number of morpholine rings is 1. The van der Waals surface area contributed by atoms with Crippen molar-refractivity contribution in [2.45, 2.75) is 18.8 Å². The van der Waals surface area contributed by atoms with Crippen LogP contribution in [0.2, 0.25) is 4.34 Å². The van der Waals surface area contributed by atoms with Crippen molar-refractivity contribution in [3.63, 3.8) is 0 Å². The fourth-order valence-electron chi connectivity index (χ4n) is 3.77. The lowest BCUT2D eigenvalue weighted by Crippen LogP contribution is -2.41. The predicted octanol–water partition coefficient (Wildman–Crippen LogP) is 3.74. The van der Waals surface area contributed by atoms with E-state index in [1.165, 1.54) is 46.5 Å². The Hall–Kier alpha value is -2.99. The predicted molar refractivity (Wildman–Crippen MR) is 129 cm³/mol. The first kappa shape index (κ1) is 25.1. The second-order valence-corrected chi connectivity index (χ2v) is 9.55. The third-order valence-electron chi connectivity index (χ3n) is 5.54. The van der Waals surface area contributed by atoms with E-state index in [4.69, 9.17) is 25.8 Å². The van der Waals surface area contributed by atoms with Crippen molar-refractivity contribution in [1.82, 2.24) is 4.90 Å². The molecular formula is C23H23ClFN3O6S. The molecule has 1 aromatic carbocycles. The highest BCUT2D eigenvalue weighted by Crippen LogP contribution is 2.26. The molecule has 12 heteroatoms. The minimum Gasteiger partial charge on any atom is -0.425 e. The van der Waals surface area contributed by atoms with Crippen molar-refractivity contribution in [2.75, 3.05) is 43.6 Å². The number of thiophene rings is 1. The van der Waals surface area contributed by atoms with E-state index in [1.807, 2.05) is 0 Å². The largest absolute Gasteiger partial charge is 0.425 e. The SMILES string of the molecule is CO[C@@H]1C[C@@H](OC(=O)Nc2ccc(N3CCOCC3=O)cc2F)N(C(=O)C=Cc2ccc(Cl)s2)C1. The first-order valence-electron chi connectivity index (χ1n) is 10.8. The van der Waals surface area contributed by atoms with Crippen LogP contribution in [0.3, 0.4) is 0 Å². The molecule has 2 fully saturated rings. The fourth-order valence-corrected chi connectivity index (χ4v) is 4.74. The van der Waals surface area contributed by atoms with Gasteiger partial charge in [-0.2, -0.15) is 0 Å². The molecule has 2 atom stereocenters. The number of nitrogens with zero attached hydrogens (tertiary/aromatic N) is 2. The second kappa shape index (κ2) is 11.2. The average Bonchev–Trinajstić information content (AvgIpc) is 3.45. The number of anilines is 2. The minimum atomic E-state index is -0.923. The topological polar surface area (TPSA) is 97.4 Å². The number of nitrogens with one attached hydrogen (secondary N) is 1. The number of hydrogen-bond donors (Lipinski definition) is 1. The number of benzene rings is 1. The smallest absolute Gasteiger partial charge is 0.413 e. The zero-order valence-corrected chi connectivity index (χ0v) is 20.3. The van der Waals surface area contributed by atoms with Gasteiger partial charge in [-0.3, -0.25) is 14.9 Å². The van der Waals surface area contributed by atoms with Crippen molar-refractivity contribution in [1.29, 1.82) is 0 Å². The summed E-state index contributed by atoms with van der Waals surface area (Å²) in [5.74, 6) is -1.37. The van der Waals surface area contributed by atoms with Crippen LogP contribution >= 0.6 is 22.9 Å². The van der Waals surface area contributed by atoms with Gasteiger partial charge in [0.05, 0.1) is 29.3 Å². The third-order valence-corrected chi connectivity index (χ3v) is 6.74. The number of carbonyl (C=O) groups excluding carboxylic acids is 3. The Morgan fingerprint density at radius 2 is 2.14 bits per heavy atom. The molecule has 186 valence electrons. The Labute approximate surface area is 210 Å². The summed E-state index contributed by atoms with van der Waals surface area (Å²) in [5.41, 5.74) is 0.247. The van der Waals surface area contributed by atoms with Crippen LogP contribution < -0.4 is 10.2 Å². The quantitative estimate of drug-likeness (QED) is 0.579. The van der Waals surface area contributed by atoms with Crippen LogP contribution in [-0.2, 0) is 23.8 Å². The standard InChI is InChI=1S/C23H23ClFN3O6S/c1-32-15-11-22(28(12-15)20(29)7-4-16-3-6-19(24)35-16)34-23(31)26-18-5-2-14(10-17(18)25)27-8-9-33-13-21(27)30/h2-7,10,15,22H,8-9,11-13H2,1H3,(H,26,31)/t15-,22-/m1/s1. The molecule has 1 N–H and O–H groups in total. The van der Waals surface area contributed by atoms with Crippen LogP contribution in [-0.4, -0.2) is 68.6 Å². The van der Waals surface area contributed by atoms with E-state index < -0.39 is 18.1 Å². The highest BCUT2D eigenvalue weighted by atomic mass is 35.5. The van der Waals surface area contributed by atoms with E-state index in [0.717, 1.165) is 10.9 Å². The lowest BCUT2D eigenvalue weighted by atomic mass is 10.2. The number of amides is 3. The zero-order valence-electron chi connectivity index (χ0n) is 18.7. The Balaban J connectivity index is 1.39. The molecule has 0 bridgehead atoms. The van der Waals surface area contributed by atoms with E-state index >= 15 is 0 Å². The summed E-state index contributed by atoms with van der Waals surface area (Å²) < 4.78 is 31.1. The summed E-state index contributed by atoms with van der Waals surface area (Å²) in [7, 11) is 1.51. The number of methoxy groups -OCH3 is 1. The Bertz CT molecular complexity index is 1140. The van der Waals surface area contributed by atoms with Crippen LogP contribution in [0.4, 0.5) is 20.6 Å². The minimum absolute atomic E-state index is 0.0662. The maximum atomic E-state index is 14.6. The molecule has 0 unspecified atom stereocenters. The van der Waals surface area contributed by atoms with Gasteiger partial charge in [0.2, 0.25) is 5.91 Å². The van der Waals surface area contributed by atoms with Crippen LogP contribution in [0.25, 0.3) is 6.08 Å². The van der Waals surface area contributed by atoms with Gasteiger partial charge < -0.3 is 24.0 Å². The molecular weight excluding hydrogens is 501 g/mol. The van der Waals surface area contributed by atoms with Crippen molar-refractivity contribution in [3.8, 4) is 0 Å². The van der Waals surface area contributed by atoms with Gasteiger partial charge in [0.25, 0.3) is 5.91 Å². The average molecular weight is 524 g/mol. The van der Waals surface area contributed by atoms with Gasteiger partial charge in [0, 0.05) is 36.7 Å². The number of carbonyl (C=O) groups is 3. The number of hydrogen-bond acceptors (Lipinski definition) is 7. The molecule has 2 saturated heterocycles. The monoisotopic (exact) mass is 523 g/mol. The maximum absolute atomic E-state index is 14.6. The van der Waals surface area contributed by atoms with E-state index in [0.29, 0.717) is 23.2 Å². The van der Waals surface area contributed by atoms with E-state index in [9.17, 15) is 18.8 Å². The third kappa shape index (κ3) is 6.17. The Morgan fingerprint density at radius 3 is 2.83 bits per heavy atom. The lowest BCUT2D eigenvalue weighted by molar-refractivity contribution is -0.132. The number of halogens is 2. The summed E-state index contributed by atoms with van der Waals surface area (Å²) in [6, 6.07) is 7.55. The van der Waals surface area contributed by atoms with Crippen molar-refractivity contribution < 1.29 is 33.0 Å². The molecule has 3 amide bonds. The van der Waals surface area contributed by atoms with Crippen molar-refractivity contribution in [3.05, 3.63) is 51.4 Å². The first-order chi connectivity index (χ1) is 16.8. The Kier molecular flexibility index (Phi) is 8.01. The molecule has 2 aliphatic rings. The second-order valence-electron chi connectivity index (χ2n) is 7.81. The summed E-state index contributed by atoms with van der Waals surface area (Å²) in [6.45, 7) is 0.838. The normalized spacial score (nSPS) is 20.5. The zero-order chi connectivity index (χ0) is 24.9. The van der Waals surface area contributed by atoms with Gasteiger partial charge in [0.1, 0.15) is 12.4 Å². The molecule has 0 radical (unpaired) electrons. The molecule has 0 saturated carbocycles. The Morgan fingerprint density at radius 1 is 1.31 bits per heavy atom. The molecule has 3 heterocycles. The van der Waals surface area contributed by atoms with Gasteiger partial charge in [-0.25, -0.2) is 9.18 Å². The molecule has 35 heavy (non-hydrogen) atoms. The summed E-state index contributed by atoms with van der Waals surface area (Å²) in [4.78, 5) is 40.8. The van der Waals surface area contributed by atoms with Crippen molar-refractivity contribution >= 4 is 58.3 Å². The molecule has 4 rings (SSSR count). The van der Waals surface area contributed by atoms with Gasteiger partial charge in [-0.05, 0) is 36.4 Å². The summed E-state index contributed by atoms with van der Waals surface area (Å²) in [5, 5.41) is 2.36. The van der Waals surface area contributed by atoms with Crippen LogP contribution in [0.1, 0.15) is 11.3 Å². The summed E-state index contributed by atoms with van der Waals surface area (Å²) in [6.07, 6.45) is 1.15. The molecule has 0 spiro atoms. The van der Waals surface area contributed by atoms with Gasteiger partial charge in [0.15, 0.2) is 6.23 Å².